The quantitative estimate of drug-likeness (QED) is 0.211. The smallest absolute Gasteiger partial charge is 0.305 e. The number of aryl methyl sites for hydroxylation is 2. The highest BCUT2D eigenvalue weighted by atomic mass is 35.5. The molecule has 1 aliphatic heterocycles. The monoisotopic (exact) mass is 570 g/mol. The third-order valence-electron chi connectivity index (χ3n) is 6.46. The second kappa shape index (κ2) is 13.1. The largest absolute Gasteiger partial charge is 0.493 e. The number of rotatable bonds is 11. The predicted molar refractivity (Wildman–Crippen MR) is 152 cm³/mol. The highest BCUT2D eigenvalue weighted by Crippen LogP contribution is 2.51. The van der Waals surface area contributed by atoms with Crippen molar-refractivity contribution < 1.29 is 28.2 Å². The molecule has 8 nitrogen and oxygen atoms in total. The van der Waals surface area contributed by atoms with E-state index in [4.69, 9.17) is 30.2 Å². The molecule has 3 aromatic rings. The summed E-state index contributed by atoms with van der Waals surface area (Å²) in [7, 11) is 4.56. The second-order valence-electron chi connectivity index (χ2n) is 8.86. The molecule has 0 fully saturated rings. The number of hydrogen-bond donors (Lipinski definition) is 0. The second-order valence-corrected chi connectivity index (χ2v) is 10.6. The van der Waals surface area contributed by atoms with Crippen molar-refractivity contribution >= 4 is 40.9 Å². The van der Waals surface area contributed by atoms with Gasteiger partial charge in [-0.1, -0.05) is 29.8 Å². The average molecular weight is 571 g/mol. The molecule has 206 valence electrons. The molecule has 0 aliphatic carbocycles. The van der Waals surface area contributed by atoms with Gasteiger partial charge in [0, 0.05) is 35.7 Å². The van der Waals surface area contributed by atoms with Crippen LogP contribution in [0.3, 0.4) is 0 Å². The van der Waals surface area contributed by atoms with Gasteiger partial charge < -0.3 is 23.5 Å². The van der Waals surface area contributed by atoms with Gasteiger partial charge in [-0.3, -0.25) is 9.59 Å². The fourth-order valence-electron chi connectivity index (χ4n) is 4.60. The van der Waals surface area contributed by atoms with Crippen LogP contribution in [-0.2, 0) is 27.2 Å². The van der Waals surface area contributed by atoms with E-state index in [0.29, 0.717) is 54.0 Å². The van der Waals surface area contributed by atoms with E-state index in [9.17, 15) is 9.59 Å². The topological polar surface area (TPSA) is 91.1 Å². The highest BCUT2D eigenvalue weighted by molar-refractivity contribution is 8.01. The molecule has 1 aliphatic rings. The molecule has 2 aromatic carbocycles. The molecule has 0 saturated heterocycles. The number of anilines is 1. The molecule has 0 unspecified atom stereocenters. The maximum Gasteiger partial charge on any atom is 0.305 e. The fraction of sp³-hybridized carbons (Fsp3) is 0.345. The van der Waals surface area contributed by atoms with Crippen molar-refractivity contribution in [2.75, 3.05) is 32.8 Å². The molecule has 0 saturated carbocycles. The van der Waals surface area contributed by atoms with Crippen molar-refractivity contribution in [2.24, 2.45) is 0 Å². The average Bonchev–Trinajstić information content (AvgIpc) is 3.38. The minimum atomic E-state index is -0.428. The lowest BCUT2D eigenvalue weighted by Crippen LogP contribution is -2.37. The predicted octanol–water partition coefficient (Wildman–Crippen LogP) is 5.81. The fourth-order valence-corrected chi connectivity index (χ4v) is 6.27. The third kappa shape index (κ3) is 6.42. The molecule has 2 atom stereocenters. The first-order chi connectivity index (χ1) is 18.9. The summed E-state index contributed by atoms with van der Waals surface area (Å²) in [6.45, 7) is 4.22. The number of aromatic nitrogens is 1. The molecular formula is C29H31ClN2O6S. The maximum atomic E-state index is 13.9. The Hall–Kier alpha value is -3.43. The lowest BCUT2D eigenvalue weighted by molar-refractivity contribution is -0.140. The zero-order valence-corrected chi connectivity index (χ0v) is 23.7. The first kappa shape index (κ1) is 28.6. The summed E-state index contributed by atoms with van der Waals surface area (Å²) in [6.07, 6.45) is 4.88. The molecule has 39 heavy (non-hydrogen) atoms. The molecule has 0 radical (unpaired) electrons. The lowest BCUT2D eigenvalue weighted by atomic mass is 10.00. The number of amides is 1. The number of hydrogen-bond acceptors (Lipinski definition) is 8. The zero-order valence-electron chi connectivity index (χ0n) is 22.1. The van der Waals surface area contributed by atoms with Gasteiger partial charge in [0.2, 0.25) is 5.91 Å². The Morgan fingerprint density at radius 2 is 2.00 bits per heavy atom. The molecule has 0 N–H and O–H groups in total. The molecule has 4 rings (SSSR count). The van der Waals surface area contributed by atoms with Gasteiger partial charge >= 0.3 is 5.97 Å². The van der Waals surface area contributed by atoms with E-state index in [1.54, 1.807) is 37.5 Å². The summed E-state index contributed by atoms with van der Waals surface area (Å²) in [6, 6.07) is 11.3. The Morgan fingerprint density at radius 3 is 2.72 bits per heavy atom. The molecule has 1 aromatic heterocycles. The van der Waals surface area contributed by atoms with E-state index in [1.807, 2.05) is 30.3 Å². The Labute approximate surface area is 237 Å². The number of carbonyl (C=O) groups excluding carboxylic acids is 2. The van der Waals surface area contributed by atoms with Gasteiger partial charge in [0.1, 0.15) is 5.76 Å². The van der Waals surface area contributed by atoms with Crippen LogP contribution in [0.15, 0.2) is 59.7 Å². The van der Waals surface area contributed by atoms with Crippen molar-refractivity contribution in [3.63, 3.8) is 0 Å². The number of nitrogens with zero attached hydrogens (tertiary/aromatic N) is 2. The number of halogens is 1. The van der Waals surface area contributed by atoms with Crippen molar-refractivity contribution in [1.82, 2.24) is 4.98 Å². The summed E-state index contributed by atoms with van der Waals surface area (Å²) < 4.78 is 21.9. The van der Waals surface area contributed by atoms with Crippen LogP contribution >= 0.6 is 23.4 Å². The highest BCUT2D eigenvalue weighted by Gasteiger charge is 2.37. The number of fused-ring (bicyclic) bond motifs is 1. The van der Waals surface area contributed by atoms with E-state index in [0.717, 1.165) is 16.8 Å². The molecule has 2 heterocycles. The first-order valence-electron chi connectivity index (χ1n) is 12.5. The number of esters is 1. The van der Waals surface area contributed by atoms with Gasteiger partial charge in [-0.05, 0) is 36.2 Å². The summed E-state index contributed by atoms with van der Waals surface area (Å²) in [4.78, 5) is 31.5. The van der Waals surface area contributed by atoms with E-state index in [2.05, 4.69) is 11.6 Å². The Balaban J connectivity index is 1.68. The van der Waals surface area contributed by atoms with Crippen LogP contribution in [0.2, 0.25) is 5.02 Å². The number of thioether (sulfide) groups is 1. The van der Waals surface area contributed by atoms with Gasteiger partial charge in [-0.25, -0.2) is 4.98 Å². The van der Waals surface area contributed by atoms with E-state index in [-0.39, 0.29) is 23.5 Å². The van der Waals surface area contributed by atoms with Crippen molar-refractivity contribution in [1.29, 1.82) is 0 Å². The number of carbonyl (C=O) groups is 2. The normalized spacial score (nSPS) is 16.8. The van der Waals surface area contributed by atoms with E-state index in [1.165, 1.54) is 18.9 Å². The maximum absolute atomic E-state index is 13.9. The van der Waals surface area contributed by atoms with Crippen LogP contribution in [0.5, 0.6) is 11.5 Å². The molecule has 0 bridgehead atoms. The van der Waals surface area contributed by atoms with E-state index < -0.39 is 5.25 Å². The van der Waals surface area contributed by atoms with E-state index >= 15 is 0 Å². The van der Waals surface area contributed by atoms with Crippen LogP contribution in [0.25, 0.3) is 0 Å². The number of methoxy groups -OCH3 is 3. The molecule has 10 heteroatoms. The van der Waals surface area contributed by atoms with Crippen molar-refractivity contribution in [3.8, 4) is 11.5 Å². The van der Waals surface area contributed by atoms with Crippen LogP contribution in [-0.4, -0.2) is 50.0 Å². The summed E-state index contributed by atoms with van der Waals surface area (Å²) in [5.74, 6) is 1.98. The van der Waals surface area contributed by atoms with Crippen molar-refractivity contribution in [3.05, 3.63) is 83.1 Å². The number of ether oxygens (including phenoxy) is 3. The summed E-state index contributed by atoms with van der Waals surface area (Å²) in [5.41, 5.74) is 2.55. The van der Waals surface area contributed by atoms with Gasteiger partial charge in [-0.15, -0.1) is 18.3 Å². The third-order valence-corrected chi connectivity index (χ3v) is 8.24. The van der Waals surface area contributed by atoms with Crippen molar-refractivity contribution in [2.45, 2.75) is 36.2 Å². The number of para-hydroxylation sites is 1. The van der Waals surface area contributed by atoms with Gasteiger partial charge in [0.15, 0.2) is 17.4 Å². The minimum absolute atomic E-state index is 0.0368. The van der Waals surface area contributed by atoms with Crippen LogP contribution < -0.4 is 14.4 Å². The summed E-state index contributed by atoms with van der Waals surface area (Å²) in [5, 5.41) is -0.125. The first-order valence-corrected chi connectivity index (χ1v) is 13.8. The van der Waals surface area contributed by atoms with Crippen LogP contribution in [0.1, 0.15) is 40.9 Å². The molecule has 1 amide bonds. The van der Waals surface area contributed by atoms with Gasteiger partial charge in [-0.2, -0.15) is 0 Å². The van der Waals surface area contributed by atoms with Gasteiger partial charge in [0.05, 0.1) is 44.4 Å². The molecular weight excluding hydrogens is 540 g/mol. The SMILES string of the molecule is C=CCN1C(=O)[C@@H](CCc2ncc(CCC(=O)OC)o2)S[C@H](c2cccc(OC)c2OC)c2cc(Cl)ccc21. The van der Waals surface area contributed by atoms with Crippen LogP contribution in [0, 0.1) is 0 Å². The summed E-state index contributed by atoms with van der Waals surface area (Å²) >= 11 is 8.01. The Kier molecular flexibility index (Phi) is 9.59. The Bertz CT molecular complexity index is 1340. The standard InChI is InChI=1S/C29H31ClN2O6S/c1-5-15-32-22-11-9-18(30)16-21(22)28(20-7-6-8-23(35-2)27(20)37-4)39-24(29(32)34)12-13-25-31-17-19(38-25)10-14-26(33)36-3/h5-9,11,16-17,24,28H,1,10,12-15H2,2-4H3/t24-,28-/m1/s1. The molecule has 0 spiro atoms. The minimum Gasteiger partial charge on any atom is -0.493 e. The lowest BCUT2D eigenvalue weighted by Gasteiger charge is -2.24. The van der Waals surface area contributed by atoms with Crippen LogP contribution in [0.4, 0.5) is 5.69 Å². The number of benzene rings is 2. The Morgan fingerprint density at radius 1 is 1.18 bits per heavy atom. The number of oxazole rings is 1. The zero-order chi connectivity index (χ0) is 27.9. The van der Waals surface area contributed by atoms with Gasteiger partial charge in [0.25, 0.3) is 0 Å².